The third kappa shape index (κ3) is 4.21. The monoisotopic (exact) mass is 371 g/mol. The SMILES string of the molecule is CCOC(=O)N1CCN(C(=O)Nc2cc(C)nn2-c2ccccc2C)CC1. The third-order valence-electron chi connectivity index (χ3n) is 4.50. The minimum Gasteiger partial charge on any atom is -0.450 e. The van der Waals surface area contributed by atoms with Crippen LogP contribution in [0.25, 0.3) is 5.69 Å². The van der Waals surface area contributed by atoms with Crippen LogP contribution in [0, 0.1) is 13.8 Å². The van der Waals surface area contributed by atoms with Gasteiger partial charge in [-0.05, 0) is 32.4 Å². The third-order valence-corrected chi connectivity index (χ3v) is 4.50. The average molecular weight is 371 g/mol. The number of hydrogen-bond donors (Lipinski definition) is 1. The van der Waals surface area contributed by atoms with Crippen molar-refractivity contribution in [2.24, 2.45) is 0 Å². The number of nitrogens with one attached hydrogen (secondary N) is 1. The van der Waals surface area contributed by atoms with Crippen LogP contribution in [0.2, 0.25) is 0 Å². The molecule has 8 nitrogen and oxygen atoms in total. The summed E-state index contributed by atoms with van der Waals surface area (Å²) in [4.78, 5) is 27.8. The van der Waals surface area contributed by atoms with E-state index in [1.54, 1.807) is 21.4 Å². The maximum absolute atomic E-state index is 12.7. The number of piperazine rings is 1. The maximum atomic E-state index is 12.7. The molecule has 1 saturated heterocycles. The molecule has 27 heavy (non-hydrogen) atoms. The molecule has 144 valence electrons. The summed E-state index contributed by atoms with van der Waals surface area (Å²) < 4.78 is 6.76. The Morgan fingerprint density at radius 3 is 2.44 bits per heavy atom. The Bertz CT molecular complexity index is 825. The summed E-state index contributed by atoms with van der Waals surface area (Å²) in [7, 11) is 0. The van der Waals surface area contributed by atoms with Crippen LogP contribution in [0.5, 0.6) is 0 Å². The van der Waals surface area contributed by atoms with Crippen molar-refractivity contribution in [1.82, 2.24) is 19.6 Å². The van der Waals surface area contributed by atoms with Crippen LogP contribution in [-0.2, 0) is 4.74 Å². The van der Waals surface area contributed by atoms with Gasteiger partial charge in [-0.2, -0.15) is 5.10 Å². The molecular weight excluding hydrogens is 346 g/mol. The smallest absolute Gasteiger partial charge is 0.409 e. The molecule has 0 saturated carbocycles. The molecule has 2 heterocycles. The van der Waals surface area contributed by atoms with Gasteiger partial charge >= 0.3 is 12.1 Å². The first kappa shape index (κ1) is 18.8. The molecule has 3 amide bonds. The van der Waals surface area contributed by atoms with Gasteiger partial charge in [-0.3, -0.25) is 5.32 Å². The van der Waals surface area contributed by atoms with Gasteiger partial charge in [0.05, 0.1) is 18.0 Å². The van der Waals surface area contributed by atoms with Crippen molar-refractivity contribution in [1.29, 1.82) is 0 Å². The fourth-order valence-electron chi connectivity index (χ4n) is 3.07. The van der Waals surface area contributed by atoms with E-state index in [9.17, 15) is 9.59 Å². The number of carbonyl (C=O) groups excluding carboxylic acids is 2. The summed E-state index contributed by atoms with van der Waals surface area (Å²) in [6.07, 6.45) is -0.328. The number of benzene rings is 1. The van der Waals surface area contributed by atoms with Gasteiger partial charge in [-0.1, -0.05) is 18.2 Å². The standard InChI is InChI=1S/C19H25N5O3/c1-4-27-19(26)23-11-9-22(10-12-23)18(25)20-17-13-15(3)21-24(17)16-8-6-5-7-14(16)2/h5-8,13H,4,9-12H2,1-3H3,(H,20,25). The van der Waals surface area contributed by atoms with Gasteiger partial charge in [0.2, 0.25) is 0 Å². The van der Waals surface area contributed by atoms with Crippen LogP contribution in [-0.4, -0.2) is 64.5 Å². The lowest BCUT2D eigenvalue weighted by molar-refractivity contribution is 0.0868. The Morgan fingerprint density at radius 1 is 1.11 bits per heavy atom. The second-order valence-electron chi connectivity index (χ2n) is 6.47. The van der Waals surface area contributed by atoms with Crippen molar-refractivity contribution in [2.75, 3.05) is 38.1 Å². The zero-order valence-corrected chi connectivity index (χ0v) is 15.9. The van der Waals surface area contributed by atoms with Crippen molar-refractivity contribution in [3.05, 3.63) is 41.6 Å². The second kappa shape index (κ2) is 8.11. The highest BCUT2D eigenvalue weighted by molar-refractivity contribution is 5.89. The summed E-state index contributed by atoms with van der Waals surface area (Å²) in [5.41, 5.74) is 2.81. The first-order chi connectivity index (χ1) is 13.0. The van der Waals surface area contributed by atoms with E-state index in [4.69, 9.17) is 4.74 Å². The van der Waals surface area contributed by atoms with E-state index in [1.807, 2.05) is 44.2 Å². The average Bonchev–Trinajstić information content (AvgIpc) is 3.02. The van der Waals surface area contributed by atoms with Gasteiger partial charge in [0.1, 0.15) is 5.82 Å². The summed E-state index contributed by atoms with van der Waals surface area (Å²) in [6, 6.07) is 9.53. The predicted molar refractivity (Wildman–Crippen MR) is 102 cm³/mol. The number of aryl methyl sites for hydroxylation is 2. The Kier molecular flexibility index (Phi) is 5.63. The number of aromatic nitrogens is 2. The number of carbonyl (C=O) groups is 2. The number of nitrogens with zero attached hydrogens (tertiary/aromatic N) is 4. The van der Waals surface area contributed by atoms with Gasteiger partial charge < -0.3 is 14.5 Å². The van der Waals surface area contributed by atoms with Crippen LogP contribution in [0.3, 0.4) is 0 Å². The summed E-state index contributed by atoms with van der Waals surface area (Å²) in [6.45, 7) is 7.87. The van der Waals surface area contributed by atoms with Crippen molar-refractivity contribution in [2.45, 2.75) is 20.8 Å². The first-order valence-corrected chi connectivity index (χ1v) is 9.10. The molecule has 1 aromatic heterocycles. The number of hydrogen-bond acceptors (Lipinski definition) is 4. The minimum atomic E-state index is -0.328. The molecule has 0 radical (unpaired) electrons. The molecule has 1 aliphatic heterocycles. The first-order valence-electron chi connectivity index (χ1n) is 9.10. The number of ether oxygens (including phenoxy) is 1. The molecule has 0 atom stereocenters. The lowest BCUT2D eigenvalue weighted by Gasteiger charge is -2.33. The topological polar surface area (TPSA) is 79.7 Å². The molecule has 8 heteroatoms. The Labute approximate surface area is 158 Å². The van der Waals surface area contributed by atoms with Gasteiger partial charge in [0.25, 0.3) is 0 Å². The number of urea groups is 1. The van der Waals surface area contributed by atoms with Gasteiger partial charge in [0, 0.05) is 32.2 Å². The van der Waals surface area contributed by atoms with Crippen molar-refractivity contribution in [3.8, 4) is 5.69 Å². The van der Waals surface area contributed by atoms with E-state index in [0.717, 1.165) is 16.9 Å². The fraction of sp³-hybridized carbons (Fsp3) is 0.421. The molecule has 1 N–H and O–H groups in total. The van der Waals surface area contributed by atoms with Crippen LogP contribution >= 0.6 is 0 Å². The molecular formula is C19H25N5O3. The zero-order chi connectivity index (χ0) is 19.4. The van der Waals surface area contributed by atoms with Gasteiger partial charge in [-0.15, -0.1) is 0 Å². The molecule has 2 aromatic rings. The Hall–Kier alpha value is -3.03. The molecule has 3 rings (SSSR count). The number of anilines is 1. The highest BCUT2D eigenvalue weighted by Crippen LogP contribution is 2.20. The van der Waals surface area contributed by atoms with E-state index >= 15 is 0 Å². The number of para-hydroxylation sites is 1. The van der Waals surface area contributed by atoms with Crippen LogP contribution in [0.1, 0.15) is 18.2 Å². The van der Waals surface area contributed by atoms with Crippen LogP contribution in [0.15, 0.2) is 30.3 Å². The van der Waals surface area contributed by atoms with Gasteiger partial charge in [-0.25, -0.2) is 14.3 Å². The van der Waals surface area contributed by atoms with E-state index < -0.39 is 0 Å². The molecule has 0 bridgehead atoms. The van der Waals surface area contributed by atoms with E-state index in [0.29, 0.717) is 38.6 Å². The van der Waals surface area contributed by atoms with Crippen molar-refractivity contribution in [3.63, 3.8) is 0 Å². The highest BCUT2D eigenvalue weighted by atomic mass is 16.6. The van der Waals surface area contributed by atoms with Crippen LogP contribution < -0.4 is 5.32 Å². The molecule has 1 fully saturated rings. The molecule has 1 aromatic carbocycles. The lowest BCUT2D eigenvalue weighted by Crippen LogP contribution is -2.51. The molecule has 0 unspecified atom stereocenters. The van der Waals surface area contributed by atoms with Crippen molar-refractivity contribution < 1.29 is 14.3 Å². The predicted octanol–water partition coefficient (Wildman–Crippen LogP) is 2.80. The Balaban J connectivity index is 1.68. The summed E-state index contributed by atoms with van der Waals surface area (Å²) >= 11 is 0. The quantitative estimate of drug-likeness (QED) is 0.900. The molecule has 0 spiro atoms. The maximum Gasteiger partial charge on any atom is 0.409 e. The van der Waals surface area contributed by atoms with Crippen molar-refractivity contribution >= 4 is 17.9 Å². The lowest BCUT2D eigenvalue weighted by atomic mass is 10.2. The fourth-order valence-corrected chi connectivity index (χ4v) is 3.07. The minimum absolute atomic E-state index is 0.201. The molecule has 0 aliphatic carbocycles. The van der Waals surface area contributed by atoms with Gasteiger partial charge in [0.15, 0.2) is 0 Å². The Morgan fingerprint density at radius 2 is 1.78 bits per heavy atom. The normalized spacial score (nSPS) is 14.2. The largest absolute Gasteiger partial charge is 0.450 e. The van der Waals surface area contributed by atoms with E-state index in [-0.39, 0.29) is 12.1 Å². The zero-order valence-electron chi connectivity index (χ0n) is 15.9. The summed E-state index contributed by atoms with van der Waals surface area (Å²) in [5, 5.41) is 7.46. The summed E-state index contributed by atoms with van der Waals surface area (Å²) in [5.74, 6) is 0.625. The highest BCUT2D eigenvalue weighted by Gasteiger charge is 2.25. The number of amides is 3. The molecule has 1 aliphatic rings. The number of rotatable bonds is 3. The second-order valence-corrected chi connectivity index (χ2v) is 6.47. The van der Waals surface area contributed by atoms with E-state index in [2.05, 4.69) is 10.4 Å². The van der Waals surface area contributed by atoms with E-state index in [1.165, 1.54) is 0 Å². The van der Waals surface area contributed by atoms with Crippen LogP contribution in [0.4, 0.5) is 15.4 Å².